The Bertz CT molecular complexity index is 780. The molecule has 0 aliphatic rings. The Labute approximate surface area is 129 Å². The van der Waals surface area contributed by atoms with Crippen LogP contribution in [-0.4, -0.2) is 7.11 Å². The van der Waals surface area contributed by atoms with E-state index >= 15 is 0 Å². The molecule has 1 unspecified atom stereocenters. The summed E-state index contributed by atoms with van der Waals surface area (Å²) < 4.78 is 5.42. The van der Waals surface area contributed by atoms with Gasteiger partial charge in [-0.15, -0.1) is 0 Å². The summed E-state index contributed by atoms with van der Waals surface area (Å²) in [5.41, 5.74) is 8.49. The summed E-state index contributed by atoms with van der Waals surface area (Å²) in [6, 6.07) is 19.7. The first-order valence-electron chi connectivity index (χ1n) is 6.77. The maximum atomic E-state index is 6.49. The van der Waals surface area contributed by atoms with Crippen molar-refractivity contribution in [2.45, 2.75) is 6.04 Å². The van der Waals surface area contributed by atoms with Gasteiger partial charge >= 0.3 is 0 Å². The Hall–Kier alpha value is -2.03. The number of hydrogen-bond donors (Lipinski definition) is 1. The van der Waals surface area contributed by atoms with E-state index in [1.807, 2.05) is 30.3 Å². The van der Waals surface area contributed by atoms with Crippen LogP contribution in [0.3, 0.4) is 0 Å². The Morgan fingerprint density at radius 3 is 2.52 bits per heavy atom. The smallest absolute Gasteiger partial charge is 0.125 e. The van der Waals surface area contributed by atoms with E-state index in [-0.39, 0.29) is 6.04 Å². The first-order chi connectivity index (χ1) is 10.2. The van der Waals surface area contributed by atoms with E-state index in [9.17, 15) is 0 Å². The standard InChI is InChI=1S/C18H16ClNO/c1-21-17-11-13(19)9-10-16(17)18(20)15-8-4-6-12-5-2-3-7-14(12)15/h2-11,18H,20H2,1H3. The number of methoxy groups -OCH3 is 1. The van der Waals surface area contributed by atoms with Crippen molar-refractivity contribution in [1.29, 1.82) is 0 Å². The molecule has 3 aromatic rings. The van der Waals surface area contributed by atoms with Crippen molar-refractivity contribution in [2.75, 3.05) is 7.11 Å². The van der Waals surface area contributed by atoms with E-state index in [0.29, 0.717) is 10.8 Å². The van der Waals surface area contributed by atoms with E-state index in [0.717, 1.165) is 16.5 Å². The molecule has 0 heterocycles. The number of hydrogen-bond acceptors (Lipinski definition) is 2. The molecule has 0 spiro atoms. The van der Waals surface area contributed by atoms with Crippen LogP contribution < -0.4 is 10.5 Å². The van der Waals surface area contributed by atoms with Gasteiger partial charge in [-0.3, -0.25) is 0 Å². The van der Waals surface area contributed by atoms with Gasteiger partial charge in [0.2, 0.25) is 0 Å². The highest BCUT2D eigenvalue weighted by molar-refractivity contribution is 6.30. The van der Waals surface area contributed by atoms with Crippen molar-refractivity contribution >= 4 is 22.4 Å². The van der Waals surface area contributed by atoms with Crippen LogP contribution in [0.25, 0.3) is 10.8 Å². The molecule has 0 aromatic heterocycles. The Balaban J connectivity index is 2.15. The first kappa shape index (κ1) is 13.9. The molecule has 21 heavy (non-hydrogen) atoms. The van der Waals surface area contributed by atoms with Crippen LogP contribution in [0.15, 0.2) is 60.7 Å². The average molecular weight is 298 g/mol. The van der Waals surface area contributed by atoms with Gasteiger partial charge in [0, 0.05) is 10.6 Å². The Kier molecular flexibility index (Phi) is 3.82. The van der Waals surface area contributed by atoms with Crippen molar-refractivity contribution in [3.8, 4) is 5.75 Å². The molecule has 0 saturated heterocycles. The van der Waals surface area contributed by atoms with Crippen LogP contribution >= 0.6 is 11.6 Å². The largest absolute Gasteiger partial charge is 0.496 e. The van der Waals surface area contributed by atoms with Crippen molar-refractivity contribution in [1.82, 2.24) is 0 Å². The monoisotopic (exact) mass is 297 g/mol. The molecule has 0 fully saturated rings. The van der Waals surface area contributed by atoms with Crippen molar-refractivity contribution < 1.29 is 4.74 Å². The summed E-state index contributed by atoms with van der Waals surface area (Å²) >= 11 is 6.02. The number of nitrogens with two attached hydrogens (primary N) is 1. The van der Waals surface area contributed by atoms with Crippen molar-refractivity contribution in [3.63, 3.8) is 0 Å². The summed E-state index contributed by atoms with van der Waals surface area (Å²) in [6.45, 7) is 0. The lowest BCUT2D eigenvalue weighted by atomic mass is 9.94. The molecule has 0 radical (unpaired) electrons. The van der Waals surface area contributed by atoms with Crippen LogP contribution in [-0.2, 0) is 0 Å². The van der Waals surface area contributed by atoms with Gasteiger partial charge in [-0.1, -0.05) is 60.1 Å². The van der Waals surface area contributed by atoms with E-state index in [1.54, 1.807) is 13.2 Å². The van der Waals surface area contributed by atoms with Gasteiger partial charge in [0.15, 0.2) is 0 Å². The number of benzene rings is 3. The van der Waals surface area contributed by atoms with Gasteiger partial charge in [0.1, 0.15) is 5.75 Å². The molecule has 1 atom stereocenters. The van der Waals surface area contributed by atoms with Gasteiger partial charge in [-0.25, -0.2) is 0 Å². The number of ether oxygens (including phenoxy) is 1. The molecule has 0 bridgehead atoms. The topological polar surface area (TPSA) is 35.2 Å². The van der Waals surface area contributed by atoms with Crippen LogP contribution in [0.2, 0.25) is 5.02 Å². The number of rotatable bonds is 3. The zero-order chi connectivity index (χ0) is 14.8. The molecular formula is C18H16ClNO. The minimum atomic E-state index is -0.261. The SMILES string of the molecule is COc1cc(Cl)ccc1C(N)c1cccc2ccccc12. The summed E-state index contributed by atoms with van der Waals surface area (Å²) in [4.78, 5) is 0. The van der Waals surface area contributed by atoms with Crippen molar-refractivity contribution in [3.05, 3.63) is 76.8 Å². The van der Waals surface area contributed by atoms with Crippen LogP contribution in [0.1, 0.15) is 17.2 Å². The quantitative estimate of drug-likeness (QED) is 0.770. The maximum absolute atomic E-state index is 6.49. The zero-order valence-corrected chi connectivity index (χ0v) is 12.5. The van der Waals surface area contributed by atoms with E-state index < -0.39 is 0 Å². The number of fused-ring (bicyclic) bond motifs is 1. The third kappa shape index (κ3) is 2.60. The maximum Gasteiger partial charge on any atom is 0.125 e. The fraction of sp³-hybridized carbons (Fsp3) is 0.111. The highest BCUT2D eigenvalue weighted by Gasteiger charge is 2.16. The molecule has 3 aromatic carbocycles. The second kappa shape index (κ2) is 5.76. The summed E-state index contributed by atoms with van der Waals surface area (Å²) in [5, 5.41) is 2.98. The van der Waals surface area contributed by atoms with E-state index in [2.05, 4.69) is 24.3 Å². The molecule has 0 amide bonds. The minimum absolute atomic E-state index is 0.261. The third-order valence-electron chi connectivity index (χ3n) is 3.69. The molecule has 2 N–H and O–H groups in total. The van der Waals surface area contributed by atoms with Crippen LogP contribution in [0.5, 0.6) is 5.75 Å². The average Bonchev–Trinajstić information content (AvgIpc) is 2.53. The van der Waals surface area contributed by atoms with Crippen molar-refractivity contribution in [2.24, 2.45) is 5.73 Å². The Morgan fingerprint density at radius 2 is 1.71 bits per heavy atom. The Morgan fingerprint density at radius 1 is 0.952 bits per heavy atom. The molecule has 3 heteroatoms. The third-order valence-corrected chi connectivity index (χ3v) is 3.92. The summed E-state index contributed by atoms with van der Waals surface area (Å²) in [5.74, 6) is 0.711. The molecule has 3 rings (SSSR count). The van der Waals surface area contributed by atoms with E-state index in [1.165, 1.54) is 5.39 Å². The highest BCUT2D eigenvalue weighted by Crippen LogP contribution is 2.33. The van der Waals surface area contributed by atoms with Gasteiger partial charge in [0.05, 0.1) is 13.2 Å². The van der Waals surface area contributed by atoms with Crippen LogP contribution in [0.4, 0.5) is 0 Å². The van der Waals surface area contributed by atoms with Gasteiger partial charge in [0.25, 0.3) is 0 Å². The zero-order valence-electron chi connectivity index (χ0n) is 11.7. The summed E-state index contributed by atoms with van der Waals surface area (Å²) in [7, 11) is 1.63. The lowest BCUT2D eigenvalue weighted by Gasteiger charge is -2.18. The van der Waals surface area contributed by atoms with E-state index in [4.69, 9.17) is 22.1 Å². The van der Waals surface area contributed by atoms with Gasteiger partial charge < -0.3 is 10.5 Å². The molecule has 0 aliphatic heterocycles. The summed E-state index contributed by atoms with van der Waals surface area (Å²) in [6.07, 6.45) is 0. The predicted molar refractivity (Wildman–Crippen MR) is 88.0 cm³/mol. The molecular weight excluding hydrogens is 282 g/mol. The van der Waals surface area contributed by atoms with Gasteiger partial charge in [-0.2, -0.15) is 0 Å². The molecule has 0 aliphatic carbocycles. The molecule has 2 nitrogen and oxygen atoms in total. The van der Waals surface area contributed by atoms with Gasteiger partial charge in [-0.05, 0) is 28.5 Å². The predicted octanol–water partition coefficient (Wildman–Crippen LogP) is 4.55. The minimum Gasteiger partial charge on any atom is -0.496 e. The molecule has 106 valence electrons. The first-order valence-corrected chi connectivity index (χ1v) is 7.15. The molecule has 0 saturated carbocycles. The fourth-order valence-corrected chi connectivity index (χ4v) is 2.79. The second-order valence-corrected chi connectivity index (χ2v) is 5.37. The number of halogens is 1. The lowest BCUT2D eigenvalue weighted by molar-refractivity contribution is 0.408. The fourth-order valence-electron chi connectivity index (χ4n) is 2.63. The van der Waals surface area contributed by atoms with Crippen LogP contribution in [0, 0.1) is 0 Å². The normalized spacial score (nSPS) is 12.3. The highest BCUT2D eigenvalue weighted by atomic mass is 35.5. The second-order valence-electron chi connectivity index (χ2n) is 4.93. The lowest BCUT2D eigenvalue weighted by Crippen LogP contribution is -2.13.